The third kappa shape index (κ3) is 4.80. The number of carbonyl (C=O) groups is 2. The highest BCUT2D eigenvalue weighted by atomic mass is 32.1. The quantitative estimate of drug-likeness (QED) is 0.826. The van der Waals surface area contributed by atoms with Gasteiger partial charge in [-0.25, -0.2) is 0 Å². The summed E-state index contributed by atoms with van der Waals surface area (Å²) in [6.07, 6.45) is 1.94. The van der Waals surface area contributed by atoms with Gasteiger partial charge < -0.3 is 19.7 Å². The molecule has 0 atom stereocenters. The largest absolute Gasteiger partial charge is 0.493 e. The Hall–Kier alpha value is -2.54. The molecule has 0 aliphatic carbocycles. The topological polar surface area (TPSA) is 67.9 Å². The van der Waals surface area contributed by atoms with Crippen LogP contribution in [0.3, 0.4) is 0 Å². The Kier molecular flexibility index (Phi) is 6.34. The zero-order valence-electron chi connectivity index (χ0n) is 15.6. The molecule has 1 aromatic carbocycles. The van der Waals surface area contributed by atoms with E-state index in [0.29, 0.717) is 36.6 Å². The summed E-state index contributed by atoms with van der Waals surface area (Å²) in [7, 11) is 3.12. The van der Waals surface area contributed by atoms with Gasteiger partial charge in [0.2, 0.25) is 5.91 Å². The molecule has 1 saturated heterocycles. The molecule has 1 aromatic heterocycles. The molecule has 0 bridgehead atoms. The third-order valence-corrected chi connectivity index (χ3v) is 5.57. The van der Waals surface area contributed by atoms with Crippen LogP contribution in [-0.4, -0.2) is 50.1 Å². The molecule has 2 heterocycles. The first-order chi connectivity index (χ1) is 13.1. The summed E-state index contributed by atoms with van der Waals surface area (Å²) in [5, 5.41) is 5.06. The maximum absolute atomic E-state index is 12.8. The number of likely N-dealkylation sites (tertiary alicyclic amines) is 1. The van der Waals surface area contributed by atoms with Crippen molar-refractivity contribution >= 4 is 23.2 Å². The van der Waals surface area contributed by atoms with Gasteiger partial charge in [0.1, 0.15) is 0 Å². The maximum atomic E-state index is 12.8. The first-order valence-electron chi connectivity index (χ1n) is 8.93. The van der Waals surface area contributed by atoms with E-state index in [0.717, 1.165) is 17.7 Å². The van der Waals surface area contributed by atoms with Crippen molar-refractivity contribution < 1.29 is 19.1 Å². The van der Waals surface area contributed by atoms with Crippen LogP contribution in [0.25, 0.3) is 0 Å². The van der Waals surface area contributed by atoms with Gasteiger partial charge in [-0.2, -0.15) is 0 Å². The average Bonchev–Trinajstić information content (AvgIpc) is 3.20. The standard InChI is InChI=1S/C20H24N2O4S/c1-25-17-6-5-14(12-18(17)26-2)20(24)22-9-7-15(8-10-22)21-19(23)13-16-4-3-11-27-16/h3-6,11-12,15H,7-10,13H2,1-2H3,(H,21,23). The summed E-state index contributed by atoms with van der Waals surface area (Å²) in [5.74, 6) is 1.15. The van der Waals surface area contributed by atoms with Crippen molar-refractivity contribution in [1.82, 2.24) is 10.2 Å². The number of hydrogen-bond acceptors (Lipinski definition) is 5. The van der Waals surface area contributed by atoms with Gasteiger partial charge in [0.15, 0.2) is 11.5 Å². The van der Waals surface area contributed by atoms with Crippen molar-refractivity contribution in [2.75, 3.05) is 27.3 Å². The van der Waals surface area contributed by atoms with Gasteiger partial charge >= 0.3 is 0 Å². The highest BCUT2D eigenvalue weighted by molar-refractivity contribution is 7.10. The summed E-state index contributed by atoms with van der Waals surface area (Å²) in [5.41, 5.74) is 0.577. The number of nitrogens with zero attached hydrogens (tertiary/aromatic N) is 1. The number of thiophene rings is 1. The van der Waals surface area contributed by atoms with Crippen molar-refractivity contribution in [2.45, 2.75) is 25.3 Å². The molecule has 27 heavy (non-hydrogen) atoms. The van der Waals surface area contributed by atoms with Gasteiger partial charge in [0, 0.05) is 29.6 Å². The molecule has 0 spiro atoms. The van der Waals surface area contributed by atoms with Gasteiger partial charge in [0.25, 0.3) is 5.91 Å². The van der Waals surface area contributed by atoms with E-state index in [9.17, 15) is 9.59 Å². The molecule has 1 N–H and O–H groups in total. The van der Waals surface area contributed by atoms with Gasteiger partial charge in [-0.1, -0.05) is 6.07 Å². The van der Waals surface area contributed by atoms with E-state index in [1.54, 1.807) is 43.8 Å². The maximum Gasteiger partial charge on any atom is 0.253 e. The molecule has 2 amide bonds. The van der Waals surface area contributed by atoms with Crippen LogP contribution in [0.1, 0.15) is 28.1 Å². The lowest BCUT2D eigenvalue weighted by Crippen LogP contribution is -2.46. The number of rotatable bonds is 6. The van der Waals surface area contributed by atoms with Crippen molar-refractivity contribution in [2.24, 2.45) is 0 Å². The van der Waals surface area contributed by atoms with Crippen LogP contribution in [0.4, 0.5) is 0 Å². The molecular formula is C20H24N2O4S. The monoisotopic (exact) mass is 388 g/mol. The van der Waals surface area contributed by atoms with Crippen molar-refractivity contribution in [3.63, 3.8) is 0 Å². The molecule has 0 unspecified atom stereocenters. The molecule has 144 valence electrons. The smallest absolute Gasteiger partial charge is 0.253 e. The summed E-state index contributed by atoms with van der Waals surface area (Å²) in [6.45, 7) is 1.24. The highest BCUT2D eigenvalue weighted by Crippen LogP contribution is 2.28. The van der Waals surface area contributed by atoms with E-state index in [1.165, 1.54) is 0 Å². The molecule has 0 saturated carbocycles. The number of hydrogen-bond donors (Lipinski definition) is 1. The fourth-order valence-electron chi connectivity index (χ4n) is 3.23. The Labute approximate surface area is 163 Å². The number of piperidine rings is 1. The van der Waals surface area contributed by atoms with Gasteiger partial charge in [-0.3, -0.25) is 9.59 Å². The van der Waals surface area contributed by atoms with Gasteiger partial charge in [-0.15, -0.1) is 11.3 Å². The normalized spacial score (nSPS) is 14.7. The van der Waals surface area contributed by atoms with E-state index >= 15 is 0 Å². The Bertz CT molecular complexity index is 783. The summed E-state index contributed by atoms with van der Waals surface area (Å²) >= 11 is 1.59. The van der Waals surface area contributed by atoms with E-state index in [-0.39, 0.29) is 17.9 Å². The fraction of sp³-hybridized carbons (Fsp3) is 0.400. The minimum absolute atomic E-state index is 0.0284. The van der Waals surface area contributed by atoms with E-state index < -0.39 is 0 Å². The number of amides is 2. The minimum Gasteiger partial charge on any atom is -0.493 e. The molecule has 1 aliphatic rings. The van der Waals surface area contributed by atoms with Crippen molar-refractivity contribution in [3.8, 4) is 11.5 Å². The van der Waals surface area contributed by atoms with Crippen LogP contribution in [0.2, 0.25) is 0 Å². The number of benzene rings is 1. The summed E-state index contributed by atoms with van der Waals surface area (Å²) in [4.78, 5) is 27.8. The first-order valence-corrected chi connectivity index (χ1v) is 9.81. The van der Waals surface area contributed by atoms with E-state index in [4.69, 9.17) is 9.47 Å². The van der Waals surface area contributed by atoms with E-state index in [1.807, 2.05) is 22.4 Å². The lowest BCUT2D eigenvalue weighted by atomic mass is 10.0. The molecule has 7 heteroatoms. The lowest BCUT2D eigenvalue weighted by molar-refractivity contribution is -0.121. The number of nitrogens with one attached hydrogen (secondary N) is 1. The molecule has 1 fully saturated rings. The Morgan fingerprint density at radius 3 is 2.52 bits per heavy atom. The molecule has 1 aliphatic heterocycles. The van der Waals surface area contributed by atoms with E-state index in [2.05, 4.69) is 5.32 Å². The van der Waals surface area contributed by atoms with Crippen LogP contribution < -0.4 is 14.8 Å². The number of carbonyl (C=O) groups excluding carboxylic acids is 2. The second kappa shape index (κ2) is 8.90. The predicted molar refractivity (Wildman–Crippen MR) is 105 cm³/mol. The van der Waals surface area contributed by atoms with Crippen molar-refractivity contribution in [3.05, 3.63) is 46.2 Å². The Morgan fingerprint density at radius 1 is 1.15 bits per heavy atom. The molecule has 0 radical (unpaired) electrons. The summed E-state index contributed by atoms with van der Waals surface area (Å²) in [6, 6.07) is 9.23. The highest BCUT2D eigenvalue weighted by Gasteiger charge is 2.25. The Balaban J connectivity index is 1.52. The average molecular weight is 388 g/mol. The first kappa shape index (κ1) is 19.2. The van der Waals surface area contributed by atoms with Gasteiger partial charge in [0.05, 0.1) is 20.6 Å². The second-order valence-electron chi connectivity index (χ2n) is 6.46. The molecular weight excluding hydrogens is 364 g/mol. The van der Waals surface area contributed by atoms with Crippen LogP contribution in [0.15, 0.2) is 35.7 Å². The van der Waals surface area contributed by atoms with Crippen LogP contribution in [0.5, 0.6) is 11.5 Å². The Morgan fingerprint density at radius 2 is 1.89 bits per heavy atom. The minimum atomic E-state index is -0.0284. The summed E-state index contributed by atoms with van der Waals surface area (Å²) < 4.78 is 10.5. The van der Waals surface area contributed by atoms with Crippen LogP contribution in [0, 0.1) is 0 Å². The molecule has 3 rings (SSSR count). The molecule has 2 aromatic rings. The SMILES string of the molecule is COc1ccc(C(=O)N2CCC(NC(=O)Cc3cccs3)CC2)cc1OC. The third-order valence-electron chi connectivity index (χ3n) is 4.69. The molecule has 6 nitrogen and oxygen atoms in total. The zero-order chi connectivity index (χ0) is 19.2. The fourth-order valence-corrected chi connectivity index (χ4v) is 3.93. The second-order valence-corrected chi connectivity index (χ2v) is 7.49. The lowest BCUT2D eigenvalue weighted by Gasteiger charge is -2.32. The number of ether oxygens (including phenoxy) is 2. The van der Waals surface area contributed by atoms with Gasteiger partial charge in [-0.05, 0) is 42.5 Å². The van der Waals surface area contributed by atoms with Crippen LogP contribution in [-0.2, 0) is 11.2 Å². The van der Waals surface area contributed by atoms with Crippen molar-refractivity contribution in [1.29, 1.82) is 0 Å². The zero-order valence-corrected chi connectivity index (χ0v) is 16.4. The predicted octanol–water partition coefficient (Wildman–Crippen LogP) is 2.73. The number of methoxy groups -OCH3 is 2. The van der Waals surface area contributed by atoms with Crippen LogP contribution >= 0.6 is 11.3 Å².